The molecule has 0 unspecified atom stereocenters. The van der Waals surface area contributed by atoms with Crippen molar-refractivity contribution in [1.29, 1.82) is 0 Å². The van der Waals surface area contributed by atoms with Gasteiger partial charge in [-0.25, -0.2) is 18.4 Å². The van der Waals surface area contributed by atoms with Crippen LogP contribution in [-0.4, -0.2) is 43.0 Å². The van der Waals surface area contributed by atoms with Gasteiger partial charge in [-0.1, -0.05) is 30.3 Å². The molecule has 3 heterocycles. The van der Waals surface area contributed by atoms with Crippen molar-refractivity contribution < 1.29 is 8.42 Å². The molecule has 1 aliphatic rings. The summed E-state index contributed by atoms with van der Waals surface area (Å²) in [6.07, 6.45) is 0. The van der Waals surface area contributed by atoms with Crippen LogP contribution in [0.5, 0.6) is 0 Å². The molecule has 1 aliphatic heterocycles. The number of rotatable bonds is 2. The second kappa shape index (κ2) is 5.82. The summed E-state index contributed by atoms with van der Waals surface area (Å²) in [6, 6.07) is 10.2. The smallest absolute Gasteiger partial charge is 0.153 e. The second-order valence-corrected chi connectivity index (χ2v) is 9.09. The Labute approximate surface area is 144 Å². The van der Waals surface area contributed by atoms with Crippen LogP contribution in [0.4, 0.5) is 5.82 Å². The Morgan fingerprint density at radius 3 is 2.50 bits per heavy atom. The number of aryl methyl sites for hydroxylation is 1. The summed E-state index contributed by atoms with van der Waals surface area (Å²) in [5, 5.41) is 3.13. The topological polar surface area (TPSA) is 63.2 Å². The van der Waals surface area contributed by atoms with Gasteiger partial charge in [0.05, 0.1) is 16.9 Å². The third kappa shape index (κ3) is 2.78. The van der Waals surface area contributed by atoms with E-state index in [1.165, 1.54) is 0 Å². The summed E-state index contributed by atoms with van der Waals surface area (Å²) in [5.74, 6) is 1.94. The average Bonchev–Trinajstić information content (AvgIpc) is 2.99. The summed E-state index contributed by atoms with van der Waals surface area (Å²) in [7, 11) is -2.92. The molecular weight excluding hydrogens is 342 g/mol. The highest BCUT2D eigenvalue weighted by Gasteiger charge is 2.25. The predicted molar refractivity (Wildman–Crippen MR) is 98.5 cm³/mol. The molecule has 0 atom stereocenters. The van der Waals surface area contributed by atoms with E-state index in [1.807, 2.05) is 25.1 Å². The van der Waals surface area contributed by atoms with Gasteiger partial charge in [-0.3, -0.25) is 0 Å². The number of thiophene rings is 1. The van der Waals surface area contributed by atoms with E-state index in [0.29, 0.717) is 18.9 Å². The molecule has 1 saturated heterocycles. The van der Waals surface area contributed by atoms with E-state index in [9.17, 15) is 8.42 Å². The van der Waals surface area contributed by atoms with Crippen molar-refractivity contribution in [3.05, 3.63) is 41.5 Å². The molecule has 0 spiro atoms. The largest absolute Gasteiger partial charge is 0.354 e. The minimum absolute atomic E-state index is 0.183. The van der Waals surface area contributed by atoms with Gasteiger partial charge in [0, 0.05) is 24.0 Å². The monoisotopic (exact) mass is 359 g/mol. The van der Waals surface area contributed by atoms with Crippen LogP contribution in [0, 0.1) is 6.92 Å². The van der Waals surface area contributed by atoms with E-state index in [2.05, 4.69) is 32.4 Å². The molecule has 7 heteroatoms. The first-order valence-electron chi connectivity index (χ1n) is 7.80. The predicted octanol–water partition coefficient (Wildman–Crippen LogP) is 2.90. The number of fused-ring (bicyclic) bond motifs is 1. The standard InChI is InChI=1S/C17H17N3O2S2/c1-12-18-16(20-7-9-24(21,22)10-8-20)15-14(11-23-17(15)19-12)13-5-3-2-4-6-13/h2-6,11H,7-10H2,1H3. The molecule has 5 nitrogen and oxygen atoms in total. The van der Waals surface area contributed by atoms with Crippen molar-refractivity contribution in [2.75, 3.05) is 29.5 Å². The average molecular weight is 359 g/mol. The highest BCUT2D eigenvalue weighted by Crippen LogP contribution is 2.38. The number of aromatic nitrogens is 2. The van der Waals surface area contributed by atoms with Gasteiger partial charge in [0.1, 0.15) is 16.5 Å². The van der Waals surface area contributed by atoms with Crippen LogP contribution >= 0.6 is 11.3 Å². The lowest BCUT2D eigenvalue weighted by molar-refractivity contribution is 0.586. The Bertz CT molecular complexity index is 983. The van der Waals surface area contributed by atoms with Crippen LogP contribution in [0.25, 0.3) is 21.3 Å². The number of sulfone groups is 1. The highest BCUT2D eigenvalue weighted by molar-refractivity contribution is 7.91. The van der Waals surface area contributed by atoms with Gasteiger partial charge in [0.2, 0.25) is 0 Å². The van der Waals surface area contributed by atoms with E-state index in [0.717, 1.165) is 27.2 Å². The van der Waals surface area contributed by atoms with Crippen molar-refractivity contribution in [3.63, 3.8) is 0 Å². The molecule has 3 aromatic rings. The SMILES string of the molecule is Cc1nc(N2CCS(=O)(=O)CC2)c2c(-c3ccccc3)csc2n1. The normalized spacial score (nSPS) is 17.3. The van der Waals surface area contributed by atoms with Gasteiger partial charge in [-0.05, 0) is 12.5 Å². The molecular formula is C17H17N3O2S2. The lowest BCUT2D eigenvalue weighted by atomic mass is 10.1. The Balaban J connectivity index is 1.87. The number of nitrogens with zero attached hydrogens (tertiary/aromatic N) is 3. The number of hydrogen-bond donors (Lipinski definition) is 0. The van der Waals surface area contributed by atoms with Crippen molar-refractivity contribution in [1.82, 2.24) is 9.97 Å². The van der Waals surface area contributed by atoms with E-state index in [1.54, 1.807) is 11.3 Å². The maximum absolute atomic E-state index is 11.7. The van der Waals surface area contributed by atoms with Gasteiger partial charge in [-0.2, -0.15) is 0 Å². The van der Waals surface area contributed by atoms with Crippen LogP contribution in [-0.2, 0) is 9.84 Å². The van der Waals surface area contributed by atoms with Gasteiger partial charge in [-0.15, -0.1) is 11.3 Å². The van der Waals surface area contributed by atoms with Crippen molar-refractivity contribution in [2.45, 2.75) is 6.92 Å². The quantitative estimate of drug-likeness (QED) is 0.704. The molecule has 0 amide bonds. The molecule has 1 aromatic carbocycles. The molecule has 2 aromatic heterocycles. The fourth-order valence-corrected chi connectivity index (χ4v) is 5.20. The molecule has 24 heavy (non-hydrogen) atoms. The van der Waals surface area contributed by atoms with Crippen molar-refractivity contribution >= 4 is 37.2 Å². The van der Waals surface area contributed by atoms with Crippen LogP contribution in [0.2, 0.25) is 0 Å². The second-order valence-electron chi connectivity index (χ2n) is 5.93. The molecule has 4 rings (SSSR count). The lowest BCUT2D eigenvalue weighted by Crippen LogP contribution is -2.40. The highest BCUT2D eigenvalue weighted by atomic mass is 32.2. The Hall–Kier alpha value is -1.99. The minimum Gasteiger partial charge on any atom is -0.354 e. The maximum Gasteiger partial charge on any atom is 0.153 e. The summed E-state index contributed by atoms with van der Waals surface area (Å²) in [6.45, 7) is 2.85. The van der Waals surface area contributed by atoms with Crippen LogP contribution in [0.3, 0.4) is 0 Å². The summed E-state index contributed by atoms with van der Waals surface area (Å²) in [4.78, 5) is 12.3. The third-order valence-corrected chi connectivity index (χ3v) is 6.74. The van der Waals surface area contributed by atoms with Gasteiger partial charge in [0.25, 0.3) is 0 Å². The van der Waals surface area contributed by atoms with E-state index < -0.39 is 9.84 Å². The first kappa shape index (κ1) is 15.5. The minimum atomic E-state index is -2.92. The molecule has 0 bridgehead atoms. The van der Waals surface area contributed by atoms with E-state index in [4.69, 9.17) is 0 Å². The third-order valence-electron chi connectivity index (χ3n) is 4.26. The summed E-state index contributed by atoms with van der Waals surface area (Å²) < 4.78 is 23.5. The lowest BCUT2D eigenvalue weighted by Gasteiger charge is -2.28. The zero-order valence-electron chi connectivity index (χ0n) is 13.3. The fourth-order valence-electron chi connectivity index (χ4n) is 3.01. The fraction of sp³-hybridized carbons (Fsp3) is 0.294. The Morgan fingerprint density at radius 1 is 1.08 bits per heavy atom. The molecule has 0 N–H and O–H groups in total. The van der Waals surface area contributed by atoms with Crippen molar-refractivity contribution in [2.24, 2.45) is 0 Å². The number of anilines is 1. The Kier molecular flexibility index (Phi) is 3.77. The summed E-state index contributed by atoms with van der Waals surface area (Å²) >= 11 is 1.60. The van der Waals surface area contributed by atoms with Gasteiger partial charge < -0.3 is 4.90 Å². The molecule has 0 radical (unpaired) electrons. The van der Waals surface area contributed by atoms with E-state index in [-0.39, 0.29) is 11.5 Å². The first-order chi connectivity index (χ1) is 11.5. The zero-order valence-corrected chi connectivity index (χ0v) is 14.9. The summed E-state index contributed by atoms with van der Waals surface area (Å²) in [5.41, 5.74) is 2.24. The number of benzene rings is 1. The van der Waals surface area contributed by atoms with E-state index >= 15 is 0 Å². The number of hydrogen-bond acceptors (Lipinski definition) is 6. The van der Waals surface area contributed by atoms with Crippen LogP contribution < -0.4 is 4.90 Å². The molecule has 0 saturated carbocycles. The Morgan fingerprint density at radius 2 is 1.79 bits per heavy atom. The molecule has 124 valence electrons. The van der Waals surface area contributed by atoms with Gasteiger partial charge >= 0.3 is 0 Å². The van der Waals surface area contributed by atoms with Crippen molar-refractivity contribution in [3.8, 4) is 11.1 Å². The first-order valence-corrected chi connectivity index (χ1v) is 10.5. The van der Waals surface area contributed by atoms with Crippen LogP contribution in [0.15, 0.2) is 35.7 Å². The zero-order chi connectivity index (χ0) is 16.7. The molecule has 1 fully saturated rings. The van der Waals surface area contributed by atoms with Crippen LogP contribution in [0.1, 0.15) is 5.82 Å². The molecule has 0 aliphatic carbocycles. The maximum atomic E-state index is 11.7. The van der Waals surface area contributed by atoms with Gasteiger partial charge in [0.15, 0.2) is 9.84 Å².